The third-order valence-corrected chi connectivity index (χ3v) is 2.53. The molecule has 0 spiro atoms. The molecule has 0 unspecified atom stereocenters. The number of rotatable bonds is 2. The van der Waals surface area contributed by atoms with Crippen LogP contribution in [-0.2, 0) is 0 Å². The highest BCUT2D eigenvalue weighted by Crippen LogP contribution is 2.41. The van der Waals surface area contributed by atoms with Crippen molar-refractivity contribution in [2.75, 3.05) is 12.4 Å². The highest BCUT2D eigenvalue weighted by atomic mass is 15.0. The van der Waals surface area contributed by atoms with E-state index in [4.69, 9.17) is 0 Å². The first-order chi connectivity index (χ1) is 6.22. The number of hydrogen-bond donors (Lipinski definition) is 1. The fourth-order valence-corrected chi connectivity index (χ4v) is 1.45. The van der Waals surface area contributed by atoms with Crippen LogP contribution in [0, 0.1) is 13.8 Å². The minimum Gasteiger partial charge on any atom is -0.372 e. The van der Waals surface area contributed by atoms with Crippen molar-refractivity contribution in [3.63, 3.8) is 0 Å². The zero-order valence-electron chi connectivity index (χ0n) is 8.39. The van der Waals surface area contributed by atoms with E-state index in [1.165, 1.54) is 12.8 Å². The average molecular weight is 177 g/mol. The average Bonchev–Trinajstić information content (AvgIpc) is 2.92. The van der Waals surface area contributed by atoms with Crippen molar-refractivity contribution >= 4 is 5.82 Å². The summed E-state index contributed by atoms with van der Waals surface area (Å²) < 4.78 is 0. The molecule has 70 valence electrons. The Bertz CT molecular complexity index is 329. The summed E-state index contributed by atoms with van der Waals surface area (Å²) in [6.45, 7) is 4.02. The lowest BCUT2D eigenvalue weighted by Gasteiger charge is -2.08. The molecule has 2 rings (SSSR count). The molecule has 1 aliphatic carbocycles. The van der Waals surface area contributed by atoms with E-state index in [1.54, 1.807) is 0 Å². The van der Waals surface area contributed by atoms with Gasteiger partial charge in [-0.2, -0.15) is 0 Å². The summed E-state index contributed by atoms with van der Waals surface area (Å²) in [6, 6.07) is 0. The van der Waals surface area contributed by atoms with Crippen LogP contribution in [0.5, 0.6) is 0 Å². The van der Waals surface area contributed by atoms with E-state index < -0.39 is 0 Å². The number of nitrogens with one attached hydrogen (secondary N) is 1. The molecule has 0 bridgehead atoms. The Morgan fingerprint density at radius 2 is 1.77 bits per heavy atom. The molecule has 0 aliphatic heterocycles. The third-order valence-electron chi connectivity index (χ3n) is 2.53. The van der Waals surface area contributed by atoms with Crippen LogP contribution in [0.3, 0.4) is 0 Å². The van der Waals surface area contributed by atoms with E-state index in [9.17, 15) is 0 Å². The minimum absolute atomic E-state index is 0.661. The first-order valence-corrected chi connectivity index (χ1v) is 4.75. The second-order valence-corrected chi connectivity index (χ2v) is 3.65. The summed E-state index contributed by atoms with van der Waals surface area (Å²) in [4.78, 5) is 9.06. The van der Waals surface area contributed by atoms with Crippen LogP contribution < -0.4 is 5.32 Å². The normalized spacial score (nSPS) is 15.9. The molecule has 0 aromatic carbocycles. The van der Waals surface area contributed by atoms with E-state index >= 15 is 0 Å². The number of anilines is 1. The van der Waals surface area contributed by atoms with Gasteiger partial charge in [-0.3, -0.25) is 4.98 Å². The van der Waals surface area contributed by atoms with Gasteiger partial charge in [0.2, 0.25) is 0 Å². The molecule has 3 heteroatoms. The van der Waals surface area contributed by atoms with Crippen LogP contribution in [0.1, 0.15) is 35.8 Å². The number of aryl methyl sites for hydroxylation is 2. The molecule has 1 aromatic heterocycles. The van der Waals surface area contributed by atoms with Crippen LogP contribution in [-0.4, -0.2) is 17.0 Å². The molecule has 1 saturated carbocycles. The van der Waals surface area contributed by atoms with Gasteiger partial charge < -0.3 is 5.32 Å². The van der Waals surface area contributed by atoms with Gasteiger partial charge in [-0.25, -0.2) is 4.98 Å². The fourth-order valence-electron chi connectivity index (χ4n) is 1.45. The number of nitrogens with zero attached hydrogens (tertiary/aromatic N) is 2. The maximum absolute atomic E-state index is 4.58. The minimum atomic E-state index is 0.661. The van der Waals surface area contributed by atoms with Crippen LogP contribution in [0.25, 0.3) is 0 Å². The van der Waals surface area contributed by atoms with Crippen LogP contribution in [0.2, 0.25) is 0 Å². The van der Waals surface area contributed by atoms with Gasteiger partial charge in [0.25, 0.3) is 0 Å². The molecule has 1 aromatic rings. The second kappa shape index (κ2) is 2.98. The first kappa shape index (κ1) is 8.48. The Kier molecular flexibility index (Phi) is 1.94. The standard InChI is InChI=1S/C10H15N3/c1-6-7(2)13-10(11-3)9(12-6)8-4-5-8/h8H,4-5H2,1-3H3,(H,11,13). The Labute approximate surface area is 78.6 Å². The maximum Gasteiger partial charge on any atom is 0.148 e. The molecule has 0 atom stereocenters. The lowest BCUT2D eigenvalue weighted by atomic mass is 10.2. The number of aromatic nitrogens is 2. The van der Waals surface area contributed by atoms with Crippen LogP contribution in [0.4, 0.5) is 5.82 Å². The lowest BCUT2D eigenvalue weighted by Crippen LogP contribution is -2.04. The van der Waals surface area contributed by atoms with Gasteiger partial charge in [-0.05, 0) is 26.7 Å². The van der Waals surface area contributed by atoms with Crippen molar-refractivity contribution in [1.29, 1.82) is 0 Å². The quantitative estimate of drug-likeness (QED) is 0.751. The summed E-state index contributed by atoms with van der Waals surface area (Å²) in [5.41, 5.74) is 3.24. The van der Waals surface area contributed by atoms with E-state index in [-0.39, 0.29) is 0 Å². The molecule has 0 amide bonds. The van der Waals surface area contributed by atoms with Gasteiger partial charge in [0.15, 0.2) is 0 Å². The fraction of sp³-hybridized carbons (Fsp3) is 0.600. The Hall–Kier alpha value is -1.12. The van der Waals surface area contributed by atoms with Crippen LogP contribution in [0.15, 0.2) is 0 Å². The molecular weight excluding hydrogens is 162 g/mol. The summed E-state index contributed by atoms with van der Waals surface area (Å²) in [7, 11) is 1.91. The summed E-state index contributed by atoms with van der Waals surface area (Å²) in [6.07, 6.45) is 2.54. The van der Waals surface area contributed by atoms with Gasteiger partial charge >= 0.3 is 0 Å². The predicted octanol–water partition coefficient (Wildman–Crippen LogP) is 2.01. The van der Waals surface area contributed by atoms with Crippen molar-refractivity contribution in [3.05, 3.63) is 17.1 Å². The summed E-state index contributed by atoms with van der Waals surface area (Å²) in [5, 5.41) is 3.11. The highest BCUT2D eigenvalue weighted by Gasteiger charge is 2.28. The van der Waals surface area contributed by atoms with Gasteiger partial charge in [0.1, 0.15) is 5.82 Å². The molecule has 1 fully saturated rings. The van der Waals surface area contributed by atoms with E-state index in [0.717, 1.165) is 22.9 Å². The van der Waals surface area contributed by atoms with E-state index in [2.05, 4.69) is 15.3 Å². The van der Waals surface area contributed by atoms with Crippen molar-refractivity contribution in [1.82, 2.24) is 9.97 Å². The van der Waals surface area contributed by atoms with E-state index in [0.29, 0.717) is 5.92 Å². The van der Waals surface area contributed by atoms with Gasteiger partial charge in [-0.15, -0.1) is 0 Å². The Morgan fingerprint density at radius 3 is 2.31 bits per heavy atom. The van der Waals surface area contributed by atoms with Crippen LogP contribution >= 0.6 is 0 Å². The first-order valence-electron chi connectivity index (χ1n) is 4.75. The SMILES string of the molecule is CNc1nc(C)c(C)nc1C1CC1. The smallest absolute Gasteiger partial charge is 0.148 e. The predicted molar refractivity (Wildman–Crippen MR) is 53.0 cm³/mol. The second-order valence-electron chi connectivity index (χ2n) is 3.65. The maximum atomic E-state index is 4.58. The van der Waals surface area contributed by atoms with Crippen molar-refractivity contribution in [3.8, 4) is 0 Å². The lowest BCUT2D eigenvalue weighted by molar-refractivity contribution is 0.935. The molecular formula is C10H15N3. The monoisotopic (exact) mass is 177 g/mol. The molecule has 1 aliphatic rings. The zero-order chi connectivity index (χ0) is 9.42. The molecule has 0 saturated heterocycles. The molecule has 0 radical (unpaired) electrons. The third kappa shape index (κ3) is 1.50. The molecule has 1 heterocycles. The Morgan fingerprint density at radius 1 is 1.15 bits per heavy atom. The van der Waals surface area contributed by atoms with Crippen molar-refractivity contribution in [2.45, 2.75) is 32.6 Å². The summed E-state index contributed by atoms with van der Waals surface area (Å²) in [5.74, 6) is 1.62. The topological polar surface area (TPSA) is 37.8 Å². The van der Waals surface area contributed by atoms with E-state index in [1.807, 2.05) is 20.9 Å². The summed E-state index contributed by atoms with van der Waals surface area (Å²) >= 11 is 0. The number of hydrogen-bond acceptors (Lipinski definition) is 3. The molecule has 1 N–H and O–H groups in total. The zero-order valence-corrected chi connectivity index (χ0v) is 8.39. The van der Waals surface area contributed by atoms with Crippen molar-refractivity contribution < 1.29 is 0 Å². The van der Waals surface area contributed by atoms with Crippen molar-refractivity contribution in [2.24, 2.45) is 0 Å². The Balaban J connectivity index is 2.46. The van der Waals surface area contributed by atoms with Gasteiger partial charge in [0, 0.05) is 13.0 Å². The van der Waals surface area contributed by atoms with Gasteiger partial charge in [0.05, 0.1) is 17.1 Å². The largest absolute Gasteiger partial charge is 0.372 e. The van der Waals surface area contributed by atoms with Gasteiger partial charge in [-0.1, -0.05) is 0 Å². The molecule has 13 heavy (non-hydrogen) atoms. The highest BCUT2D eigenvalue weighted by molar-refractivity contribution is 5.44. The molecule has 3 nitrogen and oxygen atoms in total.